The number of nitrogens with one attached hydrogen (secondary N) is 1. The van der Waals surface area contributed by atoms with Gasteiger partial charge in [0.1, 0.15) is 0 Å². The molecule has 2 unspecified atom stereocenters. The first kappa shape index (κ1) is 14.8. The van der Waals surface area contributed by atoms with Gasteiger partial charge in [0.25, 0.3) is 0 Å². The molecule has 1 aliphatic carbocycles. The molecule has 1 aromatic rings. The molecule has 1 fully saturated rings. The smallest absolute Gasteiger partial charge is 0.229 e. The van der Waals surface area contributed by atoms with E-state index in [1.807, 2.05) is 25.1 Å². The topological polar surface area (TPSA) is 71.2 Å². The van der Waals surface area contributed by atoms with Crippen molar-refractivity contribution in [1.82, 2.24) is 4.98 Å². The van der Waals surface area contributed by atoms with Gasteiger partial charge in [0, 0.05) is 26.3 Å². The van der Waals surface area contributed by atoms with Crippen LogP contribution in [0.4, 0.5) is 11.4 Å². The lowest BCUT2D eigenvalue weighted by Crippen LogP contribution is -2.38. The first-order chi connectivity index (χ1) is 9.59. The van der Waals surface area contributed by atoms with E-state index in [9.17, 15) is 4.79 Å². The number of rotatable bonds is 3. The van der Waals surface area contributed by atoms with Gasteiger partial charge < -0.3 is 16.0 Å². The summed E-state index contributed by atoms with van der Waals surface area (Å²) in [5, 5.41) is 3.00. The third-order valence-corrected chi connectivity index (χ3v) is 3.94. The summed E-state index contributed by atoms with van der Waals surface area (Å²) in [6, 6.07) is 1.86. The minimum absolute atomic E-state index is 0.0236. The van der Waals surface area contributed by atoms with Crippen LogP contribution in [0.1, 0.15) is 32.1 Å². The predicted molar refractivity (Wildman–Crippen MR) is 81.7 cm³/mol. The van der Waals surface area contributed by atoms with Crippen molar-refractivity contribution < 1.29 is 4.79 Å². The van der Waals surface area contributed by atoms with E-state index < -0.39 is 0 Å². The van der Waals surface area contributed by atoms with Crippen LogP contribution in [-0.4, -0.2) is 31.0 Å². The number of amides is 1. The number of aromatic nitrogens is 1. The lowest BCUT2D eigenvalue weighted by atomic mass is 9.94. The summed E-state index contributed by atoms with van der Waals surface area (Å²) in [7, 11) is 3.89. The number of carbonyl (C=O) groups is 1. The molecular formula is C15H24N4O. The molecular weight excluding hydrogens is 252 g/mol. The zero-order valence-electron chi connectivity index (χ0n) is 12.3. The fourth-order valence-corrected chi connectivity index (χ4v) is 2.76. The van der Waals surface area contributed by atoms with Gasteiger partial charge in [0.2, 0.25) is 5.91 Å². The van der Waals surface area contributed by atoms with E-state index in [-0.39, 0.29) is 17.9 Å². The molecule has 2 rings (SSSR count). The number of carbonyl (C=O) groups excluding carboxylic acids is 1. The molecule has 1 heterocycles. The molecule has 3 N–H and O–H groups in total. The number of nitrogens with zero attached hydrogens (tertiary/aromatic N) is 2. The second kappa shape index (κ2) is 6.70. The Morgan fingerprint density at radius 1 is 1.35 bits per heavy atom. The molecule has 110 valence electrons. The molecule has 1 amide bonds. The molecule has 0 bridgehead atoms. The van der Waals surface area contributed by atoms with Crippen molar-refractivity contribution in [2.75, 3.05) is 24.3 Å². The highest BCUT2D eigenvalue weighted by molar-refractivity contribution is 5.95. The molecule has 20 heavy (non-hydrogen) atoms. The van der Waals surface area contributed by atoms with Crippen LogP contribution in [0.2, 0.25) is 0 Å². The summed E-state index contributed by atoms with van der Waals surface area (Å²) >= 11 is 0. The van der Waals surface area contributed by atoms with Gasteiger partial charge in [0.05, 0.1) is 23.5 Å². The highest BCUT2D eigenvalue weighted by Crippen LogP contribution is 2.26. The average Bonchev–Trinajstić information content (AvgIpc) is 2.63. The van der Waals surface area contributed by atoms with Crippen molar-refractivity contribution in [2.24, 2.45) is 11.7 Å². The Morgan fingerprint density at radius 2 is 2.10 bits per heavy atom. The maximum Gasteiger partial charge on any atom is 0.229 e. The fraction of sp³-hybridized carbons (Fsp3) is 0.600. The number of hydrogen-bond donors (Lipinski definition) is 2. The summed E-state index contributed by atoms with van der Waals surface area (Å²) in [6.45, 7) is 0. The average molecular weight is 276 g/mol. The van der Waals surface area contributed by atoms with E-state index in [1.165, 1.54) is 6.42 Å². The molecule has 0 aromatic carbocycles. The second-order valence-corrected chi connectivity index (χ2v) is 5.68. The van der Waals surface area contributed by atoms with E-state index in [2.05, 4.69) is 10.3 Å². The largest absolute Gasteiger partial charge is 0.376 e. The highest BCUT2D eigenvalue weighted by atomic mass is 16.1. The SMILES string of the molecule is CN(C)c1ccncc1NC(=O)C1CCCCCC1N. The van der Waals surface area contributed by atoms with Crippen molar-refractivity contribution in [3.8, 4) is 0 Å². The first-order valence-electron chi connectivity index (χ1n) is 7.27. The number of hydrogen-bond acceptors (Lipinski definition) is 4. The number of pyridine rings is 1. The van der Waals surface area contributed by atoms with Crippen molar-refractivity contribution in [2.45, 2.75) is 38.1 Å². The quantitative estimate of drug-likeness (QED) is 0.828. The molecule has 0 radical (unpaired) electrons. The molecule has 0 spiro atoms. The molecule has 5 heteroatoms. The van der Waals surface area contributed by atoms with E-state index in [0.29, 0.717) is 0 Å². The minimum atomic E-state index is -0.0901. The first-order valence-corrected chi connectivity index (χ1v) is 7.27. The standard InChI is InChI=1S/C15H24N4O/c1-19(2)14-8-9-17-10-13(14)18-15(20)11-6-4-3-5-7-12(11)16/h8-12H,3-7,16H2,1-2H3,(H,18,20). The maximum atomic E-state index is 12.5. The summed E-state index contributed by atoms with van der Waals surface area (Å²) in [5.41, 5.74) is 7.85. The Kier molecular flexibility index (Phi) is 4.95. The fourth-order valence-electron chi connectivity index (χ4n) is 2.76. The van der Waals surface area contributed by atoms with E-state index >= 15 is 0 Å². The third-order valence-electron chi connectivity index (χ3n) is 3.94. The van der Waals surface area contributed by atoms with Crippen molar-refractivity contribution in [3.05, 3.63) is 18.5 Å². The lowest BCUT2D eigenvalue weighted by molar-refractivity contribution is -0.120. The number of nitrogens with two attached hydrogens (primary N) is 1. The Morgan fingerprint density at radius 3 is 2.85 bits per heavy atom. The Hall–Kier alpha value is -1.62. The Labute approximate surface area is 120 Å². The molecule has 0 saturated heterocycles. The zero-order chi connectivity index (χ0) is 14.5. The van der Waals surface area contributed by atoms with Crippen LogP contribution < -0.4 is 16.0 Å². The summed E-state index contributed by atoms with van der Waals surface area (Å²) in [4.78, 5) is 18.5. The van der Waals surface area contributed by atoms with E-state index in [1.54, 1.807) is 12.4 Å². The molecule has 1 aromatic heterocycles. The Bertz CT molecular complexity index is 461. The zero-order valence-corrected chi connectivity index (χ0v) is 12.3. The van der Waals surface area contributed by atoms with Crippen LogP contribution in [0.15, 0.2) is 18.5 Å². The molecule has 1 saturated carbocycles. The van der Waals surface area contributed by atoms with Crippen LogP contribution in [0.3, 0.4) is 0 Å². The van der Waals surface area contributed by atoms with Crippen LogP contribution in [0, 0.1) is 5.92 Å². The van der Waals surface area contributed by atoms with Gasteiger partial charge in [-0.05, 0) is 18.9 Å². The molecule has 5 nitrogen and oxygen atoms in total. The summed E-state index contributed by atoms with van der Waals surface area (Å²) in [5.74, 6) is -0.0665. The lowest BCUT2D eigenvalue weighted by Gasteiger charge is -2.22. The van der Waals surface area contributed by atoms with Gasteiger partial charge in [-0.1, -0.05) is 19.3 Å². The molecule has 1 aliphatic rings. The van der Waals surface area contributed by atoms with Crippen molar-refractivity contribution in [3.63, 3.8) is 0 Å². The Balaban J connectivity index is 2.11. The van der Waals surface area contributed by atoms with E-state index in [0.717, 1.165) is 37.1 Å². The van der Waals surface area contributed by atoms with Crippen LogP contribution >= 0.6 is 0 Å². The monoisotopic (exact) mass is 276 g/mol. The molecule has 0 aliphatic heterocycles. The van der Waals surface area contributed by atoms with Gasteiger partial charge in [-0.25, -0.2) is 0 Å². The molecule has 2 atom stereocenters. The van der Waals surface area contributed by atoms with Gasteiger partial charge >= 0.3 is 0 Å². The summed E-state index contributed by atoms with van der Waals surface area (Å²) in [6.07, 6.45) is 8.61. The van der Waals surface area contributed by atoms with Crippen molar-refractivity contribution >= 4 is 17.3 Å². The predicted octanol–water partition coefficient (Wildman–Crippen LogP) is 1.99. The maximum absolute atomic E-state index is 12.5. The van der Waals surface area contributed by atoms with Crippen LogP contribution in [-0.2, 0) is 4.79 Å². The third kappa shape index (κ3) is 3.48. The normalized spacial score (nSPS) is 22.9. The highest BCUT2D eigenvalue weighted by Gasteiger charge is 2.27. The van der Waals surface area contributed by atoms with Gasteiger partial charge in [-0.2, -0.15) is 0 Å². The van der Waals surface area contributed by atoms with Gasteiger partial charge in [-0.3, -0.25) is 9.78 Å². The summed E-state index contributed by atoms with van der Waals surface area (Å²) < 4.78 is 0. The second-order valence-electron chi connectivity index (χ2n) is 5.68. The minimum Gasteiger partial charge on any atom is -0.376 e. The van der Waals surface area contributed by atoms with Crippen LogP contribution in [0.25, 0.3) is 0 Å². The van der Waals surface area contributed by atoms with Gasteiger partial charge in [0.15, 0.2) is 0 Å². The van der Waals surface area contributed by atoms with E-state index in [4.69, 9.17) is 5.73 Å². The van der Waals surface area contributed by atoms with Crippen LogP contribution in [0.5, 0.6) is 0 Å². The van der Waals surface area contributed by atoms with Gasteiger partial charge in [-0.15, -0.1) is 0 Å². The van der Waals surface area contributed by atoms with Crippen molar-refractivity contribution in [1.29, 1.82) is 0 Å². The number of anilines is 2.